The van der Waals surface area contributed by atoms with E-state index in [1.54, 1.807) is 18.2 Å². The van der Waals surface area contributed by atoms with Crippen molar-refractivity contribution in [3.63, 3.8) is 0 Å². The van der Waals surface area contributed by atoms with Gasteiger partial charge in [0, 0.05) is 10.0 Å². The van der Waals surface area contributed by atoms with Crippen molar-refractivity contribution in [1.82, 2.24) is 14.8 Å². The van der Waals surface area contributed by atoms with Crippen molar-refractivity contribution in [2.45, 2.75) is 18.5 Å². The van der Waals surface area contributed by atoms with Gasteiger partial charge >= 0.3 is 0 Å². The van der Waals surface area contributed by atoms with Crippen molar-refractivity contribution in [2.75, 3.05) is 5.32 Å². The van der Waals surface area contributed by atoms with Crippen molar-refractivity contribution in [3.8, 4) is 0 Å². The molecule has 0 saturated heterocycles. The van der Waals surface area contributed by atoms with Crippen LogP contribution < -0.4 is 5.32 Å². The van der Waals surface area contributed by atoms with Crippen molar-refractivity contribution in [2.24, 2.45) is 0 Å². The molecule has 0 bridgehead atoms. The van der Waals surface area contributed by atoms with Crippen LogP contribution in [-0.4, -0.2) is 14.8 Å². The lowest BCUT2D eigenvalue weighted by atomic mass is 9.93. The SMILES string of the molecule is Fc1ccc([C@@H]2C[C@H](c3ccc(Cl)cc3Cl)n3ncnc3N2)cc1. The third kappa shape index (κ3) is 2.74. The van der Waals surface area contributed by atoms with E-state index in [1.165, 1.54) is 18.5 Å². The van der Waals surface area contributed by atoms with Gasteiger partial charge in [0.25, 0.3) is 0 Å². The number of hydrogen-bond acceptors (Lipinski definition) is 3. The molecule has 2 heterocycles. The molecule has 2 atom stereocenters. The zero-order valence-corrected chi connectivity index (χ0v) is 14.0. The second kappa shape index (κ2) is 6.07. The number of rotatable bonds is 2. The van der Waals surface area contributed by atoms with E-state index in [9.17, 15) is 4.39 Å². The number of halogens is 3. The second-order valence-electron chi connectivity index (χ2n) is 5.69. The molecular weight excluding hydrogens is 350 g/mol. The molecule has 4 rings (SSSR count). The van der Waals surface area contributed by atoms with E-state index < -0.39 is 0 Å². The highest BCUT2D eigenvalue weighted by Gasteiger charge is 2.31. The van der Waals surface area contributed by atoms with Gasteiger partial charge in [-0.05, 0) is 41.8 Å². The molecule has 1 aliphatic rings. The third-order valence-corrected chi connectivity index (χ3v) is 4.79. The zero-order valence-electron chi connectivity index (χ0n) is 12.5. The molecule has 1 aliphatic heterocycles. The molecule has 24 heavy (non-hydrogen) atoms. The molecule has 1 N–H and O–H groups in total. The standard InChI is InChI=1S/C17H13Cl2FN4/c18-11-3-6-13(14(19)7-11)16-8-15(10-1-4-12(20)5-2-10)23-17-21-9-22-24(16)17/h1-7,9,15-16H,8H2,(H,21,22,23)/t15-,16+/m0/s1. The Kier molecular flexibility index (Phi) is 3.90. The Bertz CT molecular complexity index is 879. The Labute approximate surface area is 148 Å². The molecule has 0 radical (unpaired) electrons. The first-order valence-corrected chi connectivity index (χ1v) is 8.24. The lowest BCUT2D eigenvalue weighted by Gasteiger charge is -2.32. The fourth-order valence-corrected chi connectivity index (χ4v) is 3.60. The normalized spacial score (nSPS) is 19.6. The summed E-state index contributed by atoms with van der Waals surface area (Å²) in [6.45, 7) is 0. The van der Waals surface area contributed by atoms with E-state index in [2.05, 4.69) is 15.4 Å². The lowest BCUT2D eigenvalue weighted by molar-refractivity contribution is 0.430. The Balaban J connectivity index is 1.75. The Morgan fingerprint density at radius 3 is 2.67 bits per heavy atom. The van der Waals surface area contributed by atoms with E-state index in [-0.39, 0.29) is 17.9 Å². The molecular formula is C17H13Cl2FN4. The van der Waals surface area contributed by atoms with Gasteiger partial charge in [-0.1, -0.05) is 41.4 Å². The van der Waals surface area contributed by atoms with Gasteiger partial charge in [-0.15, -0.1) is 0 Å². The molecule has 0 amide bonds. The average Bonchev–Trinajstić information content (AvgIpc) is 3.03. The zero-order chi connectivity index (χ0) is 16.7. The number of nitrogens with zero attached hydrogens (tertiary/aromatic N) is 3. The van der Waals surface area contributed by atoms with E-state index in [0.29, 0.717) is 22.4 Å². The molecule has 2 aromatic carbocycles. The van der Waals surface area contributed by atoms with E-state index in [4.69, 9.17) is 23.2 Å². The Hall–Kier alpha value is -2.11. The van der Waals surface area contributed by atoms with Crippen LogP contribution in [0.2, 0.25) is 10.0 Å². The summed E-state index contributed by atoms with van der Waals surface area (Å²) in [5.74, 6) is 0.404. The average molecular weight is 363 g/mol. The molecule has 0 fully saturated rings. The minimum atomic E-state index is -0.255. The number of aromatic nitrogens is 3. The number of fused-ring (bicyclic) bond motifs is 1. The first kappa shape index (κ1) is 15.4. The van der Waals surface area contributed by atoms with Gasteiger partial charge in [-0.3, -0.25) is 0 Å². The van der Waals surface area contributed by atoms with Crippen LogP contribution in [0.5, 0.6) is 0 Å². The van der Waals surface area contributed by atoms with Gasteiger partial charge in [-0.2, -0.15) is 10.1 Å². The fourth-order valence-electron chi connectivity index (χ4n) is 3.06. The smallest absolute Gasteiger partial charge is 0.222 e. The molecule has 0 saturated carbocycles. The molecule has 7 heteroatoms. The number of nitrogens with one attached hydrogen (secondary N) is 1. The van der Waals surface area contributed by atoms with Crippen molar-refractivity contribution in [1.29, 1.82) is 0 Å². The molecule has 1 aromatic heterocycles. The number of benzene rings is 2. The highest BCUT2D eigenvalue weighted by molar-refractivity contribution is 6.35. The molecule has 0 spiro atoms. The summed E-state index contributed by atoms with van der Waals surface area (Å²) in [6.07, 6.45) is 2.22. The van der Waals surface area contributed by atoms with Crippen LogP contribution in [0.15, 0.2) is 48.8 Å². The third-order valence-electron chi connectivity index (χ3n) is 4.22. The Morgan fingerprint density at radius 1 is 1.12 bits per heavy atom. The van der Waals surface area contributed by atoms with E-state index >= 15 is 0 Å². The van der Waals surface area contributed by atoms with Crippen LogP contribution in [0, 0.1) is 5.82 Å². The summed E-state index contributed by atoms with van der Waals surface area (Å²) in [5, 5.41) is 8.83. The van der Waals surface area contributed by atoms with Crippen LogP contribution in [0.1, 0.15) is 29.6 Å². The van der Waals surface area contributed by atoms with Crippen molar-refractivity contribution in [3.05, 3.63) is 75.8 Å². The van der Waals surface area contributed by atoms with Crippen LogP contribution in [0.3, 0.4) is 0 Å². The highest BCUT2D eigenvalue weighted by Crippen LogP contribution is 2.40. The molecule has 3 aromatic rings. The summed E-state index contributed by atoms with van der Waals surface area (Å²) < 4.78 is 15.0. The summed E-state index contributed by atoms with van der Waals surface area (Å²) in [5.41, 5.74) is 1.92. The van der Waals surface area contributed by atoms with Crippen LogP contribution >= 0.6 is 23.2 Å². The van der Waals surface area contributed by atoms with Crippen molar-refractivity contribution >= 4 is 29.2 Å². The maximum atomic E-state index is 13.2. The van der Waals surface area contributed by atoms with Gasteiger partial charge in [-0.25, -0.2) is 9.07 Å². The monoisotopic (exact) mass is 362 g/mol. The maximum Gasteiger partial charge on any atom is 0.222 e. The second-order valence-corrected chi connectivity index (χ2v) is 6.54. The highest BCUT2D eigenvalue weighted by atomic mass is 35.5. The fraction of sp³-hybridized carbons (Fsp3) is 0.176. The summed E-state index contributed by atoms with van der Waals surface area (Å²) in [4.78, 5) is 4.27. The summed E-state index contributed by atoms with van der Waals surface area (Å²) in [6, 6.07) is 11.8. The number of hydrogen-bond donors (Lipinski definition) is 1. The molecule has 0 unspecified atom stereocenters. The molecule has 0 aliphatic carbocycles. The maximum absolute atomic E-state index is 13.2. The van der Waals surface area contributed by atoms with Gasteiger partial charge in [0.05, 0.1) is 12.1 Å². The predicted molar refractivity (Wildman–Crippen MR) is 92.0 cm³/mol. The summed E-state index contributed by atoms with van der Waals surface area (Å²) in [7, 11) is 0. The van der Waals surface area contributed by atoms with Crippen molar-refractivity contribution < 1.29 is 4.39 Å². The first-order valence-electron chi connectivity index (χ1n) is 7.48. The number of anilines is 1. The largest absolute Gasteiger partial charge is 0.348 e. The van der Waals surface area contributed by atoms with Gasteiger partial charge < -0.3 is 5.32 Å². The minimum Gasteiger partial charge on any atom is -0.348 e. The quantitative estimate of drug-likeness (QED) is 0.706. The Morgan fingerprint density at radius 2 is 1.92 bits per heavy atom. The van der Waals surface area contributed by atoms with Crippen LogP contribution in [-0.2, 0) is 0 Å². The van der Waals surface area contributed by atoms with E-state index in [1.807, 2.05) is 16.8 Å². The molecule has 4 nitrogen and oxygen atoms in total. The van der Waals surface area contributed by atoms with Crippen LogP contribution in [0.25, 0.3) is 0 Å². The van der Waals surface area contributed by atoms with E-state index in [0.717, 1.165) is 11.1 Å². The van der Waals surface area contributed by atoms with Gasteiger partial charge in [0.1, 0.15) is 12.1 Å². The van der Waals surface area contributed by atoms with Crippen LogP contribution in [0.4, 0.5) is 10.3 Å². The topological polar surface area (TPSA) is 42.7 Å². The van der Waals surface area contributed by atoms with Gasteiger partial charge in [0.15, 0.2) is 0 Å². The lowest BCUT2D eigenvalue weighted by Crippen LogP contribution is -2.28. The van der Waals surface area contributed by atoms with Gasteiger partial charge in [0.2, 0.25) is 5.95 Å². The molecule has 122 valence electrons. The minimum absolute atomic E-state index is 0.0148. The first-order chi connectivity index (χ1) is 11.6. The summed E-state index contributed by atoms with van der Waals surface area (Å²) >= 11 is 12.4. The predicted octanol–water partition coefficient (Wildman–Crippen LogP) is 4.87.